The van der Waals surface area contributed by atoms with Crippen molar-refractivity contribution in [1.82, 2.24) is 15.2 Å². The largest absolute Gasteiger partial charge is 0.232 e. The van der Waals surface area contributed by atoms with E-state index < -0.39 is 0 Å². The molecule has 5 heteroatoms. The summed E-state index contributed by atoms with van der Waals surface area (Å²) in [6.45, 7) is 0. The third kappa shape index (κ3) is 2.60. The van der Waals surface area contributed by atoms with Gasteiger partial charge in [0.2, 0.25) is 0 Å². The minimum absolute atomic E-state index is 0.172. The molecule has 0 atom stereocenters. The highest BCUT2D eigenvalue weighted by atomic mass is 35.5. The van der Waals surface area contributed by atoms with E-state index in [1.165, 1.54) is 11.6 Å². The lowest BCUT2D eigenvalue weighted by Crippen LogP contribution is -2.16. The van der Waals surface area contributed by atoms with Crippen molar-refractivity contribution in [3.05, 3.63) is 76.5 Å². The number of hydrogen-bond donors (Lipinski definition) is 0. The van der Waals surface area contributed by atoms with E-state index in [0.717, 1.165) is 42.2 Å². The molecule has 0 saturated heterocycles. The van der Waals surface area contributed by atoms with Crippen molar-refractivity contribution in [2.24, 2.45) is 0 Å². The molecule has 2 fully saturated rings. The molecular weight excluding hydrogens is 349 g/mol. The van der Waals surface area contributed by atoms with E-state index >= 15 is 0 Å². The molecule has 2 saturated carbocycles. The first-order valence-corrected chi connectivity index (χ1v) is 9.31. The minimum atomic E-state index is -0.280. The average Bonchev–Trinajstić information content (AvgIpc) is 3.56. The van der Waals surface area contributed by atoms with E-state index in [9.17, 15) is 4.39 Å². The first-order chi connectivity index (χ1) is 12.7. The van der Waals surface area contributed by atoms with Crippen LogP contribution in [0.5, 0.6) is 0 Å². The molecule has 2 aromatic carbocycles. The molecule has 0 spiro atoms. The Balaban J connectivity index is 1.61. The summed E-state index contributed by atoms with van der Waals surface area (Å²) in [6, 6.07) is 14.6. The fourth-order valence-corrected chi connectivity index (χ4v) is 3.69. The smallest absolute Gasteiger partial charge is 0.161 e. The number of benzene rings is 2. The molecule has 0 amide bonds. The molecule has 2 aliphatic carbocycles. The second kappa shape index (κ2) is 5.85. The molecule has 26 heavy (non-hydrogen) atoms. The van der Waals surface area contributed by atoms with Gasteiger partial charge in [-0.15, -0.1) is 10.2 Å². The maximum absolute atomic E-state index is 14.3. The number of halogens is 2. The maximum Gasteiger partial charge on any atom is 0.161 e. The van der Waals surface area contributed by atoms with Crippen molar-refractivity contribution < 1.29 is 4.39 Å². The molecule has 0 radical (unpaired) electrons. The molecule has 1 heterocycles. The maximum atomic E-state index is 14.3. The predicted molar refractivity (Wildman–Crippen MR) is 98.7 cm³/mol. The number of rotatable bonds is 4. The second-order valence-corrected chi connectivity index (χ2v) is 7.65. The molecule has 0 bridgehead atoms. The Labute approximate surface area is 156 Å². The van der Waals surface area contributed by atoms with Gasteiger partial charge in [0.25, 0.3) is 0 Å². The third-order valence-electron chi connectivity index (χ3n) is 5.38. The summed E-state index contributed by atoms with van der Waals surface area (Å²) in [7, 11) is 0. The standard InChI is InChI=1S/C21H17ClFN3/c22-15-9-7-14(8-10-15)21(11-12-21)20-24-18(13-5-6-13)19(25-26-20)16-3-1-2-4-17(16)23/h1-4,7-10,13H,5-6,11-12H2. The highest BCUT2D eigenvalue weighted by molar-refractivity contribution is 6.30. The van der Waals surface area contributed by atoms with Crippen molar-refractivity contribution >= 4 is 11.6 Å². The van der Waals surface area contributed by atoms with E-state index in [-0.39, 0.29) is 11.2 Å². The van der Waals surface area contributed by atoms with E-state index in [0.29, 0.717) is 17.2 Å². The van der Waals surface area contributed by atoms with Crippen molar-refractivity contribution in [1.29, 1.82) is 0 Å². The normalized spacial score (nSPS) is 17.9. The van der Waals surface area contributed by atoms with Crippen LogP contribution in [0.15, 0.2) is 48.5 Å². The lowest BCUT2D eigenvalue weighted by atomic mass is 9.95. The van der Waals surface area contributed by atoms with Gasteiger partial charge in [0.15, 0.2) is 5.82 Å². The van der Waals surface area contributed by atoms with Crippen LogP contribution in [0.3, 0.4) is 0 Å². The van der Waals surface area contributed by atoms with Crippen LogP contribution in [-0.2, 0) is 5.41 Å². The quantitative estimate of drug-likeness (QED) is 0.630. The topological polar surface area (TPSA) is 38.7 Å². The second-order valence-electron chi connectivity index (χ2n) is 7.21. The summed E-state index contributed by atoms with van der Waals surface area (Å²) in [5, 5.41) is 9.60. The minimum Gasteiger partial charge on any atom is -0.232 e. The lowest BCUT2D eigenvalue weighted by molar-refractivity contribution is 0.628. The van der Waals surface area contributed by atoms with Gasteiger partial charge >= 0.3 is 0 Å². The molecular formula is C21H17ClFN3. The van der Waals surface area contributed by atoms with Crippen LogP contribution < -0.4 is 0 Å². The Morgan fingerprint density at radius 2 is 1.69 bits per heavy atom. The van der Waals surface area contributed by atoms with Crippen LogP contribution in [0, 0.1) is 5.82 Å². The van der Waals surface area contributed by atoms with Gasteiger partial charge in [0.05, 0.1) is 11.1 Å². The fourth-order valence-electron chi connectivity index (χ4n) is 3.56. The highest BCUT2D eigenvalue weighted by Gasteiger charge is 2.49. The van der Waals surface area contributed by atoms with Gasteiger partial charge in [0, 0.05) is 16.5 Å². The summed E-state index contributed by atoms with van der Waals surface area (Å²) in [5.74, 6) is 0.832. The molecule has 0 N–H and O–H groups in total. The summed E-state index contributed by atoms with van der Waals surface area (Å²) >= 11 is 6.03. The molecule has 0 aliphatic heterocycles. The van der Waals surface area contributed by atoms with Gasteiger partial charge in [0.1, 0.15) is 11.5 Å². The molecule has 0 unspecified atom stereocenters. The van der Waals surface area contributed by atoms with E-state index in [4.69, 9.17) is 16.6 Å². The monoisotopic (exact) mass is 365 g/mol. The molecule has 5 rings (SSSR count). The summed E-state index contributed by atoms with van der Waals surface area (Å²) < 4.78 is 14.3. The predicted octanol–water partition coefficient (Wildman–Crippen LogP) is 5.29. The van der Waals surface area contributed by atoms with Crippen LogP contribution >= 0.6 is 11.6 Å². The molecule has 130 valence electrons. The lowest BCUT2D eigenvalue weighted by Gasteiger charge is -2.16. The molecule has 2 aliphatic rings. The zero-order chi connectivity index (χ0) is 17.7. The average molecular weight is 366 g/mol. The van der Waals surface area contributed by atoms with Crippen molar-refractivity contribution in [2.75, 3.05) is 0 Å². The van der Waals surface area contributed by atoms with Gasteiger partial charge in [-0.1, -0.05) is 35.9 Å². The van der Waals surface area contributed by atoms with Gasteiger partial charge < -0.3 is 0 Å². The van der Waals surface area contributed by atoms with Crippen LogP contribution in [0.1, 0.15) is 48.7 Å². The van der Waals surface area contributed by atoms with Crippen LogP contribution in [-0.4, -0.2) is 15.2 Å². The zero-order valence-corrected chi connectivity index (χ0v) is 14.9. The first-order valence-electron chi connectivity index (χ1n) is 8.93. The van der Waals surface area contributed by atoms with Crippen molar-refractivity contribution in [3.8, 4) is 11.3 Å². The van der Waals surface area contributed by atoms with E-state index in [1.54, 1.807) is 12.1 Å². The molecule has 1 aromatic heterocycles. The molecule has 3 aromatic rings. The number of aromatic nitrogens is 3. The third-order valence-corrected chi connectivity index (χ3v) is 5.63. The van der Waals surface area contributed by atoms with Gasteiger partial charge in [-0.25, -0.2) is 9.37 Å². The highest BCUT2D eigenvalue weighted by Crippen LogP contribution is 2.53. The summed E-state index contributed by atoms with van der Waals surface area (Å²) in [6.07, 6.45) is 4.15. The Hall–Kier alpha value is -2.33. The summed E-state index contributed by atoms with van der Waals surface area (Å²) in [4.78, 5) is 4.91. The van der Waals surface area contributed by atoms with Gasteiger partial charge in [-0.2, -0.15) is 0 Å². The van der Waals surface area contributed by atoms with Crippen LogP contribution in [0.25, 0.3) is 11.3 Å². The van der Waals surface area contributed by atoms with E-state index in [1.807, 2.05) is 30.3 Å². The number of hydrogen-bond acceptors (Lipinski definition) is 3. The number of nitrogens with zero attached hydrogens (tertiary/aromatic N) is 3. The Kier molecular flexibility index (Phi) is 3.57. The Morgan fingerprint density at radius 1 is 0.962 bits per heavy atom. The molecule has 3 nitrogen and oxygen atoms in total. The Morgan fingerprint density at radius 3 is 2.35 bits per heavy atom. The Bertz CT molecular complexity index is 979. The van der Waals surface area contributed by atoms with Crippen LogP contribution in [0.2, 0.25) is 5.02 Å². The van der Waals surface area contributed by atoms with Crippen molar-refractivity contribution in [2.45, 2.75) is 37.0 Å². The SMILES string of the molecule is Fc1ccccc1-c1nnc(C2(c3ccc(Cl)cc3)CC2)nc1C1CC1. The van der Waals surface area contributed by atoms with Crippen molar-refractivity contribution in [3.63, 3.8) is 0 Å². The zero-order valence-electron chi connectivity index (χ0n) is 14.1. The van der Waals surface area contributed by atoms with E-state index in [2.05, 4.69) is 10.2 Å². The first kappa shape index (κ1) is 15.9. The summed E-state index contributed by atoms with van der Waals surface area (Å²) in [5.41, 5.74) is 2.96. The van der Waals surface area contributed by atoms with Crippen LogP contribution in [0.4, 0.5) is 4.39 Å². The fraction of sp³-hybridized carbons (Fsp3) is 0.286. The van der Waals surface area contributed by atoms with Gasteiger partial charge in [-0.05, 0) is 55.5 Å². The van der Waals surface area contributed by atoms with Gasteiger partial charge in [-0.3, -0.25) is 0 Å².